The van der Waals surface area contributed by atoms with E-state index in [9.17, 15) is 4.79 Å². The van der Waals surface area contributed by atoms with E-state index in [0.29, 0.717) is 0 Å². The number of aliphatic carboxylic acids is 1. The molecule has 0 fully saturated rings. The van der Waals surface area contributed by atoms with Crippen molar-refractivity contribution in [3.63, 3.8) is 0 Å². The zero-order valence-corrected chi connectivity index (χ0v) is 3.06. The van der Waals surface area contributed by atoms with E-state index in [1.165, 1.54) is 0 Å². The molecule has 0 aromatic heterocycles. The van der Waals surface area contributed by atoms with Crippen molar-refractivity contribution in [2.24, 2.45) is 0 Å². The summed E-state index contributed by atoms with van der Waals surface area (Å²) in [6, 6.07) is 0. The quantitative estimate of drug-likeness (QED) is 0.460. The van der Waals surface area contributed by atoms with Crippen molar-refractivity contribution in [3.8, 4) is 0 Å². The summed E-state index contributed by atoms with van der Waals surface area (Å²) in [6.07, 6.45) is 0.222. The van der Waals surface area contributed by atoms with Gasteiger partial charge in [0.05, 0.1) is 0 Å². The molecule has 0 aromatic carbocycles. The molecule has 0 aliphatic carbocycles. The first-order chi connectivity index (χ1) is 2.27. The summed E-state index contributed by atoms with van der Waals surface area (Å²) in [5.41, 5.74) is 0. The molecule has 0 atom stereocenters. The van der Waals surface area contributed by atoms with Crippen molar-refractivity contribution < 1.29 is 9.90 Å². The second-order valence-electron chi connectivity index (χ2n) is 0.747. The van der Waals surface area contributed by atoms with Crippen LogP contribution in [0.5, 0.6) is 0 Å². The van der Waals surface area contributed by atoms with E-state index in [1.807, 2.05) is 0 Å². The first-order valence-corrected chi connectivity index (χ1v) is 1.49. The largest absolute Gasteiger partial charge is 0.316 e. The van der Waals surface area contributed by atoms with Crippen LogP contribution in [0, 0.1) is 0 Å². The zero-order valence-electron chi connectivity index (χ0n) is 3.06. The van der Waals surface area contributed by atoms with Crippen molar-refractivity contribution in [2.45, 2.75) is 13.3 Å². The van der Waals surface area contributed by atoms with Gasteiger partial charge in [0.15, 0.2) is 0 Å². The summed E-state index contributed by atoms with van der Waals surface area (Å²) in [5, 5.41) is 7.72. The van der Waals surface area contributed by atoms with Gasteiger partial charge in [-0.25, -0.2) is 0 Å². The molecule has 7 heavy (non-hydrogen) atoms. The summed E-state index contributed by atoms with van der Waals surface area (Å²) in [6.45, 7) is 1.60. The molecule has 0 amide bonds. The Hall–Kier alpha value is 1.50. The third-order valence-electron chi connectivity index (χ3n) is 0.302. The Morgan fingerprint density at radius 2 is 1.86 bits per heavy atom. The molecule has 1 N–H and O–H groups in total. The second-order valence-corrected chi connectivity index (χ2v) is 0.747. The van der Waals surface area contributed by atoms with Gasteiger partial charge in [-0.05, 0) is 0 Å². The molecule has 0 spiro atoms. The van der Waals surface area contributed by atoms with Crippen LogP contribution >= 0.6 is 0 Å². The van der Waals surface area contributed by atoms with E-state index in [2.05, 4.69) is 0 Å². The van der Waals surface area contributed by atoms with Gasteiger partial charge in [0.25, 0.3) is 0 Å². The third-order valence-corrected chi connectivity index (χ3v) is 0.302. The SMILES string of the molecule is CCC(=O)O.[CaH2].[MgH2]. The van der Waals surface area contributed by atoms with Gasteiger partial charge < -0.3 is 5.11 Å². The van der Waals surface area contributed by atoms with E-state index >= 15 is 0 Å². The van der Waals surface area contributed by atoms with Crippen LogP contribution in [0.1, 0.15) is 13.3 Å². The van der Waals surface area contributed by atoms with Crippen molar-refractivity contribution >= 4 is 66.8 Å². The molecule has 0 aliphatic heterocycles. The first-order valence-electron chi connectivity index (χ1n) is 1.49. The number of hydrogen-bond acceptors (Lipinski definition) is 1. The molecule has 38 valence electrons. The molecular formula is C3H10CaMgO2. The molecule has 0 bridgehead atoms. The summed E-state index contributed by atoms with van der Waals surface area (Å²) in [4.78, 5) is 9.37. The molecule has 0 saturated heterocycles. The van der Waals surface area contributed by atoms with Gasteiger partial charge in [0, 0.05) is 6.42 Å². The van der Waals surface area contributed by atoms with Crippen molar-refractivity contribution in [1.82, 2.24) is 0 Å². The Kier molecular flexibility index (Phi) is 23.6. The van der Waals surface area contributed by atoms with Gasteiger partial charge in [-0.15, -0.1) is 0 Å². The Labute approximate surface area is 88.8 Å². The molecule has 0 unspecified atom stereocenters. The summed E-state index contributed by atoms with van der Waals surface area (Å²) >= 11 is 0. The van der Waals surface area contributed by atoms with Crippen molar-refractivity contribution in [2.75, 3.05) is 0 Å². The second kappa shape index (κ2) is 10.5. The predicted molar refractivity (Wildman–Crippen MR) is 35.0 cm³/mol. The number of hydrogen-bond donors (Lipinski definition) is 1. The molecule has 2 nitrogen and oxygen atoms in total. The Morgan fingerprint density at radius 1 is 1.71 bits per heavy atom. The van der Waals surface area contributed by atoms with Crippen molar-refractivity contribution in [1.29, 1.82) is 0 Å². The van der Waals surface area contributed by atoms with E-state index < -0.39 is 5.97 Å². The minimum absolute atomic E-state index is 0. The van der Waals surface area contributed by atoms with Crippen LogP contribution in [-0.2, 0) is 4.79 Å². The molecule has 4 heteroatoms. The zero-order chi connectivity index (χ0) is 4.28. The molecule has 0 rings (SSSR count). The van der Waals surface area contributed by atoms with Crippen LogP contribution in [-0.4, -0.2) is 71.9 Å². The van der Waals surface area contributed by atoms with Crippen molar-refractivity contribution in [3.05, 3.63) is 0 Å². The van der Waals surface area contributed by atoms with Crippen LogP contribution in [0.4, 0.5) is 0 Å². The Morgan fingerprint density at radius 3 is 1.86 bits per heavy atom. The summed E-state index contributed by atoms with van der Waals surface area (Å²) in [5.74, 6) is -0.745. The molecule has 0 radical (unpaired) electrons. The topological polar surface area (TPSA) is 37.3 Å². The normalized spacial score (nSPS) is 5.29. The van der Waals surface area contributed by atoms with Crippen LogP contribution in [0.3, 0.4) is 0 Å². The molecule has 0 aliphatic rings. The predicted octanol–water partition coefficient (Wildman–Crippen LogP) is -1.35. The number of carbonyl (C=O) groups is 1. The average molecular weight is 142 g/mol. The van der Waals surface area contributed by atoms with Gasteiger partial charge >= 0.3 is 66.8 Å². The maximum absolute atomic E-state index is 9.37. The van der Waals surface area contributed by atoms with E-state index in [0.717, 1.165) is 0 Å². The summed E-state index contributed by atoms with van der Waals surface area (Å²) < 4.78 is 0. The minimum atomic E-state index is -0.745. The molecule has 0 aromatic rings. The van der Waals surface area contributed by atoms with Crippen LogP contribution in [0.25, 0.3) is 0 Å². The maximum Gasteiger partial charge on any atom is 0.316 e. The smallest absolute Gasteiger partial charge is 0.316 e. The first kappa shape index (κ1) is 15.8. The summed E-state index contributed by atoms with van der Waals surface area (Å²) in [7, 11) is 0. The number of carboxylic acids is 1. The van der Waals surface area contributed by atoms with Gasteiger partial charge in [-0.1, -0.05) is 6.92 Å². The molecule has 0 saturated carbocycles. The fourth-order valence-corrected chi connectivity index (χ4v) is 0. The van der Waals surface area contributed by atoms with Gasteiger partial charge in [-0.2, -0.15) is 0 Å². The van der Waals surface area contributed by atoms with E-state index in [4.69, 9.17) is 5.11 Å². The van der Waals surface area contributed by atoms with Gasteiger partial charge in [0.1, 0.15) is 0 Å². The maximum atomic E-state index is 9.37. The standard InChI is InChI=1S/C3H6O2.Ca.Mg.4H/c1-2-3(4)5;;;;;;/h2H2,1H3,(H,4,5);;;;;;. The van der Waals surface area contributed by atoms with Crippen LogP contribution in [0.15, 0.2) is 0 Å². The Bertz CT molecular complexity index is 48.2. The molecule has 0 heterocycles. The van der Waals surface area contributed by atoms with Gasteiger partial charge in [-0.3, -0.25) is 4.79 Å². The minimum Gasteiger partial charge on any atom is 0.316 e. The third kappa shape index (κ3) is 18.5. The van der Waals surface area contributed by atoms with E-state index in [1.54, 1.807) is 6.92 Å². The van der Waals surface area contributed by atoms with Crippen LogP contribution < -0.4 is 0 Å². The fourth-order valence-electron chi connectivity index (χ4n) is 0. The number of carboxylic acid groups (broad SMARTS) is 1. The Balaban J connectivity index is -0.0000000800. The van der Waals surface area contributed by atoms with Crippen LogP contribution in [0.2, 0.25) is 0 Å². The number of rotatable bonds is 1. The monoisotopic (exact) mass is 142 g/mol. The van der Waals surface area contributed by atoms with Gasteiger partial charge in [0.2, 0.25) is 0 Å². The average Bonchev–Trinajstić information content (AvgIpc) is 1.38. The molecular weight excluding hydrogens is 132 g/mol. The van der Waals surface area contributed by atoms with E-state index in [-0.39, 0.29) is 67.2 Å². The fraction of sp³-hybridized carbons (Fsp3) is 0.667.